The van der Waals surface area contributed by atoms with Crippen LogP contribution in [0.2, 0.25) is 0 Å². The van der Waals surface area contributed by atoms with Crippen LogP contribution >= 0.6 is 0 Å². The van der Waals surface area contributed by atoms with E-state index in [9.17, 15) is 24.0 Å². The van der Waals surface area contributed by atoms with E-state index in [1.165, 1.54) is 17.7 Å². The number of likely N-dealkylation sites (tertiary alicyclic amines) is 4. The Morgan fingerprint density at radius 3 is 2.29 bits per heavy atom. The molecule has 6 aliphatic heterocycles. The zero-order valence-corrected chi connectivity index (χ0v) is 52.1. The number of hydrogen-bond acceptors (Lipinski definition) is 14. The van der Waals surface area contributed by atoms with Gasteiger partial charge >= 0.3 is 0 Å². The molecule has 8 aliphatic rings. The topological polar surface area (TPSA) is 203 Å². The van der Waals surface area contributed by atoms with Crippen LogP contribution in [0.4, 0.5) is 26.1 Å². The molecule has 2 aromatic carbocycles. The number of rotatable bonds is 20. The van der Waals surface area contributed by atoms with E-state index in [0.29, 0.717) is 64.0 Å². The van der Waals surface area contributed by atoms with Crippen molar-refractivity contribution in [1.29, 1.82) is 0 Å². The van der Waals surface area contributed by atoms with Gasteiger partial charge < -0.3 is 56.4 Å². The molecule has 6 saturated heterocycles. The van der Waals surface area contributed by atoms with Gasteiger partial charge in [0.15, 0.2) is 0 Å². The summed E-state index contributed by atoms with van der Waals surface area (Å²) in [6.07, 6.45) is 16.2. The van der Waals surface area contributed by atoms with Crippen LogP contribution in [0.1, 0.15) is 146 Å². The molecule has 6 atom stereocenters. The van der Waals surface area contributed by atoms with Crippen molar-refractivity contribution in [2.45, 2.75) is 172 Å². The molecule has 6 N–H and O–H groups in total. The number of nitrogens with zero attached hydrogens (tertiary/aromatic N) is 8. The minimum absolute atomic E-state index is 0.0247. The van der Waals surface area contributed by atoms with Crippen LogP contribution in [0.15, 0.2) is 48.8 Å². The highest BCUT2D eigenvalue weighted by Gasteiger charge is 2.47. The van der Waals surface area contributed by atoms with E-state index in [-0.39, 0.29) is 71.1 Å². The zero-order valence-electron chi connectivity index (χ0n) is 52.1. The van der Waals surface area contributed by atoms with Gasteiger partial charge in [-0.1, -0.05) is 57.4 Å². The lowest BCUT2D eigenvalue weighted by Crippen LogP contribution is -2.66. The second kappa shape index (κ2) is 27.4. The fourth-order valence-corrected chi connectivity index (χ4v) is 15.6. The molecule has 0 unspecified atom stereocenters. The number of benzene rings is 2. The van der Waals surface area contributed by atoms with Crippen LogP contribution in [-0.4, -0.2) is 187 Å². The van der Waals surface area contributed by atoms with Crippen molar-refractivity contribution in [2.75, 3.05) is 114 Å². The largest absolute Gasteiger partial charge is 0.370 e. The highest BCUT2D eigenvalue weighted by molar-refractivity contribution is 5.94. The Morgan fingerprint density at radius 2 is 1.53 bits per heavy atom. The number of halogens is 2. The number of nitrogens with one attached hydrogen (secondary N) is 6. The molecular weight excluding hydrogens is 1110 g/mol. The number of anilines is 3. The van der Waals surface area contributed by atoms with Crippen molar-refractivity contribution in [3.63, 3.8) is 0 Å². The van der Waals surface area contributed by atoms with Gasteiger partial charge in [0.1, 0.15) is 41.7 Å². The molecule has 19 nitrogen and oxygen atoms in total. The number of carbonyl (C=O) groups is 5. The van der Waals surface area contributed by atoms with Gasteiger partial charge in [-0.3, -0.25) is 28.9 Å². The molecule has 11 rings (SSSR count). The van der Waals surface area contributed by atoms with Gasteiger partial charge in [-0.2, -0.15) is 0 Å². The summed E-state index contributed by atoms with van der Waals surface area (Å²) >= 11 is 0. The Balaban J connectivity index is 0.620. The lowest BCUT2D eigenvalue weighted by atomic mass is 9.82. The molecule has 474 valence electrons. The molecule has 1 aromatic heterocycles. The van der Waals surface area contributed by atoms with E-state index in [2.05, 4.69) is 87.4 Å². The zero-order chi connectivity index (χ0) is 60.9. The SMILES string of the molecule is CN[C@@H](C)C(=O)N[C@H](C(=O)N1C[C@@H](NC(=O)CCN2CC[C@]3(CCN(CCCNc4cc(N5CCC6(CC5)CN(c5cc(F)c(CN7CCC(C)(C)CC7)cc5F)CC(=O)N6)ncn4)C3)C2)C[C@H]1C(=O)N[C@H]1CCCc2ccccc21)C1CCCCC1. The van der Waals surface area contributed by atoms with Gasteiger partial charge in [-0.15, -0.1) is 0 Å². The van der Waals surface area contributed by atoms with E-state index in [1.54, 1.807) is 30.1 Å². The van der Waals surface area contributed by atoms with Gasteiger partial charge in [0.25, 0.3) is 0 Å². The fraction of sp³-hybridized carbons (Fsp3) is 0.682. The Kier molecular flexibility index (Phi) is 19.7. The van der Waals surface area contributed by atoms with E-state index >= 15 is 8.78 Å². The first-order valence-electron chi connectivity index (χ1n) is 32.9. The number of fused-ring (bicyclic) bond motifs is 1. The molecule has 7 heterocycles. The Labute approximate surface area is 513 Å². The monoisotopic (exact) mass is 1200 g/mol. The summed E-state index contributed by atoms with van der Waals surface area (Å²) in [5.74, 6) is -0.384. The summed E-state index contributed by atoms with van der Waals surface area (Å²) in [5, 5.41) is 19.4. The fourth-order valence-electron chi connectivity index (χ4n) is 15.6. The molecule has 5 amide bonds. The number of hydrogen-bond donors (Lipinski definition) is 6. The number of likely N-dealkylation sites (N-methyl/N-ethyl adjacent to an activating group) is 1. The molecule has 2 aliphatic carbocycles. The van der Waals surface area contributed by atoms with Crippen molar-refractivity contribution in [3.8, 4) is 0 Å². The first kappa shape index (κ1) is 62.6. The lowest BCUT2D eigenvalue weighted by Gasteiger charge is -2.48. The van der Waals surface area contributed by atoms with Gasteiger partial charge in [0.2, 0.25) is 29.5 Å². The molecule has 0 radical (unpaired) electrons. The summed E-state index contributed by atoms with van der Waals surface area (Å²) in [4.78, 5) is 91.6. The number of aryl methyl sites for hydroxylation is 1. The first-order chi connectivity index (χ1) is 41.9. The van der Waals surface area contributed by atoms with Crippen LogP contribution in [0.3, 0.4) is 0 Å². The van der Waals surface area contributed by atoms with Crippen molar-refractivity contribution in [1.82, 2.24) is 56.2 Å². The number of carbonyl (C=O) groups excluding carboxylic acids is 5. The third-order valence-corrected chi connectivity index (χ3v) is 21.1. The number of aromatic nitrogens is 2. The maximum atomic E-state index is 15.8. The maximum Gasteiger partial charge on any atom is 0.246 e. The average molecular weight is 1200 g/mol. The van der Waals surface area contributed by atoms with Crippen LogP contribution in [-0.2, 0) is 36.9 Å². The van der Waals surface area contributed by atoms with Gasteiger partial charge in [0.05, 0.1) is 29.9 Å². The normalized spacial score (nSPS) is 25.9. The van der Waals surface area contributed by atoms with E-state index < -0.39 is 41.3 Å². The van der Waals surface area contributed by atoms with Crippen molar-refractivity contribution < 1.29 is 32.8 Å². The Bertz CT molecular complexity index is 2930. The highest BCUT2D eigenvalue weighted by Crippen LogP contribution is 2.41. The molecule has 21 heteroatoms. The van der Waals surface area contributed by atoms with Crippen molar-refractivity contribution >= 4 is 46.9 Å². The molecule has 3 aromatic rings. The minimum Gasteiger partial charge on any atom is -0.370 e. The molecular formula is C66H96F2N14O5. The second-order valence-electron chi connectivity index (χ2n) is 27.9. The lowest BCUT2D eigenvalue weighted by molar-refractivity contribution is -0.143. The van der Waals surface area contributed by atoms with Crippen LogP contribution < -0.4 is 41.7 Å². The van der Waals surface area contributed by atoms with E-state index in [4.69, 9.17) is 0 Å². The molecule has 1 saturated carbocycles. The van der Waals surface area contributed by atoms with Crippen molar-refractivity contribution in [2.24, 2.45) is 16.7 Å². The van der Waals surface area contributed by atoms with E-state index in [0.717, 1.165) is 153 Å². The van der Waals surface area contributed by atoms with Gasteiger partial charge in [-0.05, 0) is 164 Å². The Morgan fingerprint density at radius 1 is 0.793 bits per heavy atom. The third-order valence-electron chi connectivity index (χ3n) is 21.1. The Hall–Kier alpha value is -6.03. The van der Waals surface area contributed by atoms with Gasteiger partial charge in [0, 0.05) is 89.1 Å². The molecule has 2 spiro atoms. The molecule has 0 bridgehead atoms. The summed E-state index contributed by atoms with van der Waals surface area (Å²) in [5.41, 5.74) is 2.73. The quantitative estimate of drug-likeness (QED) is 0.0731. The third kappa shape index (κ3) is 15.2. The molecule has 87 heavy (non-hydrogen) atoms. The molecule has 7 fully saturated rings. The van der Waals surface area contributed by atoms with Crippen LogP contribution in [0, 0.1) is 28.4 Å². The highest BCUT2D eigenvalue weighted by atomic mass is 19.1. The summed E-state index contributed by atoms with van der Waals surface area (Å²) < 4.78 is 31.4. The van der Waals surface area contributed by atoms with E-state index in [1.807, 2.05) is 18.2 Å². The number of piperidine rings is 2. The number of amides is 5. The standard InChI is InChI=1S/C66H96F2N14O5/c1-45(69-4)61(85)75-60(47-13-6-5-7-14-47)63(87)82-39-49(35-55(82)62(86)74-53-17-10-15-46-12-8-9-16-50(46)53)73-58(83)18-27-79-31-22-65(42-79)21-30-78(41-65)26-11-25-70-56-37-57(72-44-71-56)80-32-23-66(24-33-80)43-81(40-59(84)76-66)54-36-51(67)48(34-52(54)68)38-77-28-19-64(2,3)20-29-77/h8-9,12,16,34,36-37,44-45,47,49,53,55,60,69H,5-7,10-11,13-15,17-33,35,38-43H2,1-4H3,(H,73,83)(H,74,86)(H,75,85)(H,76,84)(H,70,71,72)/t45-,49-,53-,55-,60-,65-/m0/s1. The number of piperazine rings is 1. The summed E-state index contributed by atoms with van der Waals surface area (Å²) in [6.45, 7) is 16.5. The van der Waals surface area contributed by atoms with Crippen molar-refractivity contribution in [3.05, 3.63) is 77.1 Å². The predicted octanol–water partition coefficient (Wildman–Crippen LogP) is 5.89. The van der Waals surface area contributed by atoms with Crippen LogP contribution in [0.5, 0.6) is 0 Å². The maximum absolute atomic E-state index is 15.8. The smallest absolute Gasteiger partial charge is 0.246 e. The van der Waals surface area contributed by atoms with Gasteiger partial charge in [-0.25, -0.2) is 18.7 Å². The predicted molar refractivity (Wildman–Crippen MR) is 333 cm³/mol. The first-order valence-corrected chi connectivity index (χ1v) is 32.9. The average Bonchev–Trinajstić information content (AvgIpc) is 3.91. The summed E-state index contributed by atoms with van der Waals surface area (Å²) in [6, 6.07) is 10.2. The summed E-state index contributed by atoms with van der Waals surface area (Å²) in [7, 11) is 1.72. The van der Waals surface area contributed by atoms with Crippen LogP contribution in [0.25, 0.3) is 0 Å². The second-order valence-corrected chi connectivity index (χ2v) is 27.9. The minimum atomic E-state index is -0.784.